The molecule has 2 heterocycles. The molecule has 20 heavy (non-hydrogen) atoms. The summed E-state index contributed by atoms with van der Waals surface area (Å²) in [5, 5.41) is 0. The third-order valence-electron chi connectivity index (χ3n) is 3.17. The normalized spacial score (nSPS) is 14.1. The number of carbonyl (C=O) groups excluding carboxylic acids is 1. The minimum absolute atomic E-state index is 0.226. The largest absolute Gasteiger partial charge is 0.439 e. The van der Waals surface area contributed by atoms with Gasteiger partial charge in [0.05, 0.1) is 0 Å². The Bertz CT molecular complexity index is 611. The van der Waals surface area contributed by atoms with Crippen molar-refractivity contribution in [3.8, 4) is 11.6 Å². The number of rotatable bonds is 4. The molecule has 0 N–H and O–H groups in total. The summed E-state index contributed by atoms with van der Waals surface area (Å²) in [6.45, 7) is 1.54. The first kappa shape index (κ1) is 13.1. The number of halogens is 1. The summed E-state index contributed by atoms with van der Waals surface area (Å²) in [6, 6.07) is 11.4. The molecule has 0 atom stereocenters. The van der Waals surface area contributed by atoms with E-state index in [1.807, 2.05) is 35.2 Å². The number of likely N-dealkylation sites (tertiary alicyclic amines) is 1. The molecule has 1 amide bonds. The average Bonchev–Trinajstić information content (AvgIpc) is 2.47. The van der Waals surface area contributed by atoms with Crippen LogP contribution in [0.1, 0.15) is 12.0 Å². The Labute approximate surface area is 125 Å². The molecule has 0 bridgehead atoms. The lowest BCUT2D eigenvalue weighted by Crippen LogP contribution is -2.42. The van der Waals surface area contributed by atoms with Crippen molar-refractivity contribution in [2.24, 2.45) is 0 Å². The van der Waals surface area contributed by atoms with E-state index in [-0.39, 0.29) is 5.91 Å². The highest BCUT2D eigenvalue weighted by molar-refractivity contribution is 9.10. The first-order chi connectivity index (χ1) is 9.70. The van der Waals surface area contributed by atoms with Crippen LogP contribution in [-0.2, 0) is 11.3 Å². The van der Waals surface area contributed by atoms with E-state index in [9.17, 15) is 4.79 Å². The summed E-state index contributed by atoms with van der Waals surface area (Å²) in [7, 11) is 0. The van der Waals surface area contributed by atoms with Gasteiger partial charge in [0.15, 0.2) is 0 Å². The van der Waals surface area contributed by atoms with E-state index >= 15 is 0 Å². The molecule has 0 spiro atoms. The minimum atomic E-state index is 0.226. The number of ether oxygens (including phenoxy) is 1. The van der Waals surface area contributed by atoms with E-state index in [1.165, 1.54) is 0 Å². The molecule has 0 saturated carbocycles. The van der Waals surface area contributed by atoms with Crippen molar-refractivity contribution in [1.29, 1.82) is 0 Å². The molecule has 1 aliphatic rings. The van der Waals surface area contributed by atoms with Gasteiger partial charge >= 0.3 is 0 Å². The highest BCUT2D eigenvalue weighted by atomic mass is 79.9. The lowest BCUT2D eigenvalue weighted by atomic mass is 10.1. The molecule has 3 rings (SSSR count). The molecular weight excluding hydrogens is 320 g/mol. The number of hydrogen-bond acceptors (Lipinski definition) is 3. The molecule has 102 valence electrons. The molecule has 2 aromatic rings. The molecule has 1 aromatic heterocycles. The summed E-state index contributed by atoms with van der Waals surface area (Å²) in [6.07, 6.45) is 2.37. The van der Waals surface area contributed by atoms with Crippen LogP contribution < -0.4 is 4.74 Å². The van der Waals surface area contributed by atoms with Gasteiger partial charge in [0.25, 0.3) is 0 Å². The molecular formula is C15H13BrN2O2. The summed E-state index contributed by atoms with van der Waals surface area (Å²) >= 11 is 3.33. The second-order valence-corrected chi connectivity index (χ2v) is 5.54. The summed E-state index contributed by atoms with van der Waals surface area (Å²) < 4.78 is 6.56. The zero-order chi connectivity index (χ0) is 13.9. The Balaban J connectivity index is 1.63. The van der Waals surface area contributed by atoms with Crippen LogP contribution >= 0.6 is 15.9 Å². The van der Waals surface area contributed by atoms with Gasteiger partial charge in [0.2, 0.25) is 11.8 Å². The number of nitrogens with zero attached hydrogens (tertiary/aromatic N) is 2. The van der Waals surface area contributed by atoms with Crippen molar-refractivity contribution in [1.82, 2.24) is 9.88 Å². The Morgan fingerprint density at radius 2 is 2.00 bits per heavy atom. The zero-order valence-corrected chi connectivity index (χ0v) is 12.3. The van der Waals surface area contributed by atoms with E-state index in [4.69, 9.17) is 4.74 Å². The van der Waals surface area contributed by atoms with E-state index < -0.39 is 0 Å². The molecule has 5 heteroatoms. The highest BCUT2D eigenvalue weighted by Crippen LogP contribution is 2.22. The monoisotopic (exact) mass is 332 g/mol. The van der Waals surface area contributed by atoms with Crippen molar-refractivity contribution in [2.45, 2.75) is 13.0 Å². The molecule has 1 fully saturated rings. The van der Waals surface area contributed by atoms with Gasteiger partial charge in [-0.2, -0.15) is 0 Å². The molecule has 1 aliphatic heterocycles. The fraction of sp³-hybridized carbons (Fsp3) is 0.200. The minimum Gasteiger partial charge on any atom is -0.439 e. The molecule has 4 nitrogen and oxygen atoms in total. The first-order valence-electron chi connectivity index (χ1n) is 6.37. The Morgan fingerprint density at radius 3 is 2.55 bits per heavy atom. The second-order valence-electron chi connectivity index (χ2n) is 4.63. The van der Waals surface area contributed by atoms with Crippen LogP contribution in [0.4, 0.5) is 0 Å². The maximum Gasteiger partial charge on any atom is 0.224 e. The van der Waals surface area contributed by atoms with Crippen LogP contribution in [0.15, 0.2) is 47.1 Å². The Hall–Kier alpha value is -1.88. The molecule has 0 aliphatic carbocycles. The lowest BCUT2D eigenvalue weighted by Gasteiger charge is -2.30. The number of aromatic nitrogens is 1. The van der Waals surface area contributed by atoms with Crippen molar-refractivity contribution < 1.29 is 9.53 Å². The van der Waals surface area contributed by atoms with Gasteiger partial charge in [-0.25, -0.2) is 4.98 Å². The molecule has 0 unspecified atom stereocenters. The van der Waals surface area contributed by atoms with Gasteiger partial charge in [0.1, 0.15) is 5.75 Å². The number of hydrogen-bond donors (Lipinski definition) is 0. The van der Waals surface area contributed by atoms with Gasteiger partial charge in [-0.15, -0.1) is 0 Å². The SMILES string of the molecule is O=C1CCN1Cc1ccc(Oc2ccc(Br)cn2)cc1. The summed E-state index contributed by atoms with van der Waals surface area (Å²) in [5.74, 6) is 1.52. The summed E-state index contributed by atoms with van der Waals surface area (Å²) in [4.78, 5) is 17.3. The van der Waals surface area contributed by atoms with E-state index in [1.54, 1.807) is 12.3 Å². The quantitative estimate of drug-likeness (QED) is 0.806. The number of amides is 1. The lowest BCUT2D eigenvalue weighted by molar-refractivity contribution is -0.140. The van der Waals surface area contributed by atoms with Gasteiger partial charge < -0.3 is 9.64 Å². The van der Waals surface area contributed by atoms with E-state index in [0.717, 1.165) is 22.3 Å². The van der Waals surface area contributed by atoms with Gasteiger partial charge in [-0.1, -0.05) is 12.1 Å². The number of carbonyl (C=O) groups is 1. The number of pyridine rings is 1. The maximum atomic E-state index is 11.3. The van der Waals surface area contributed by atoms with Crippen LogP contribution in [0.3, 0.4) is 0 Å². The predicted octanol–water partition coefficient (Wildman–Crippen LogP) is 3.37. The second kappa shape index (κ2) is 5.63. The van der Waals surface area contributed by atoms with Crippen molar-refractivity contribution in [3.63, 3.8) is 0 Å². The van der Waals surface area contributed by atoms with E-state index in [2.05, 4.69) is 20.9 Å². The van der Waals surface area contributed by atoms with Crippen LogP contribution in [0.2, 0.25) is 0 Å². The Morgan fingerprint density at radius 1 is 1.20 bits per heavy atom. The van der Waals surface area contributed by atoms with Crippen molar-refractivity contribution in [3.05, 3.63) is 52.6 Å². The van der Waals surface area contributed by atoms with E-state index in [0.29, 0.717) is 18.8 Å². The smallest absolute Gasteiger partial charge is 0.224 e. The van der Waals surface area contributed by atoms with Crippen LogP contribution in [0.5, 0.6) is 11.6 Å². The van der Waals surface area contributed by atoms with Crippen LogP contribution in [-0.4, -0.2) is 22.3 Å². The van der Waals surface area contributed by atoms with Gasteiger partial charge in [-0.05, 0) is 39.7 Å². The topological polar surface area (TPSA) is 42.4 Å². The van der Waals surface area contributed by atoms with Crippen LogP contribution in [0, 0.1) is 0 Å². The highest BCUT2D eigenvalue weighted by Gasteiger charge is 2.23. The molecule has 1 aromatic carbocycles. The van der Waals surface area contributed by atoms with Gasteiger partial charge in [0, 0.05) is 36.2 Å². The predicted molar refractivity (Wildman–Crippen MR) is 78.5 cm³/mol. The third-order valence-corrected chi connectivity index (χ3v) is 3.64. The van der Waals surface area contributed by atoms with Gasteiger partial charge in [-0.3, -0.25) is 4.79 Å². The first-order valence-corrected chi connectivity index (χ1v) is 7.16. The number of benzene rings is 1. The van der Waals surface area contributed by atoms with Crippen molar-refractivity contribution in [2.75, 3.05) is 6.54 Å². The average molecular weight is 333 g/mol. The molecule has 0 radical (unpaired) electrons. The van der Waals surface area contributed by atoms with Crippen molar-refractivity contribution >= 4 is 21.8 Å². The summed E-state index contributed by atoms with van der Waals surface area (Å²) in [5.41, 5.74) is 1.11. The van der Waals surface area contributed by atoms with Crippen LogP contribution in [0.25, 0.3) is 0 Å². The fourth-order valence-corrected chi connectivity index (χ4v) is 2.19. The maximum absolute atomic E-state index is 11.3. The standard InChI is InChI=1S/C15H13BrN2O2/c16-12-3-6-14(17-9-12)20-13-4-1-11(2-5-13)10-18-8-7-15(18)19/h1-6,9H,7-8,10H2. The fourth-order valence-electron chi connectivity index (χ4n) is 1.96. The Kier molecular flexibility index (Phi) is 3.69. The molecule has 1 saturated heterocycles. The third kappa shape index (κ3) is 2.99. The zero-order valence-electron chi connectivity index (χ0n) is 10.8. The number of β-lactam (4-membered cyclic amide) rings is 1.